The molecule has 0 fully saturated rings. The van der Waals surface area contributed by atoms with Crippen LogP contribution in [0.25, 0.3) is 0 Å². The third-order valence-corrected chi connectivity index (χ3v) is 3.05. The molecule has 4 nitrogen and oxygen atoms in total. The maximum Gasteiger partial charge on any atom is 0.0910 e. The lowest BCUT2D eigenvalue weighted by Crippen LogP contribution is -2.29. The molecule has 1 rings (SSSR count). The van der Waals surface area contributed by atoms with Gasteiger partial charge in [-0.25, -0.2) is 0 Å². The third-order valence-electron chi connectivity index (χ3n) is 3.05. The van der Waals surface area contributed by atoms with Gasteiger partial charge in [0.2, 0.25) is 0 Å². The van der Waals surface area contributed by atoms with E-state index < -0.39 is 5.60 Å². The smallest absolute Gasteiger partial charge is 0.0910 e. The van der Waals surface area contributed by atoms with Crippen LogP contribution in [-0.2, 0) is 12.1 Å². The van der Waals surface area contributed by atoms with Crippen LogP contribution in [0.1, 0.15) is 46.1 Å². The quantitative estimate of drug-likeness (QED) is 0.698. The molecule has 1 aromatic heterocycles. The lowest BCUT2D eigenvalue weighted by atomic mass is 9.95. The first kappa shape index (κ1) is 15.2. The van der Waals surface area contributed by atoms with Gasteiger partial charge in [-0.15, -0.1) is 0 Å². The maximum absolute atomic E-state index is 10.4. The second-order valence-electron chi connectivity index (χ2n) is 5.61. The highest BCUT2D eigenvalue weighted by atomic mass is 16.3. The van der Waals surface area contributed by atoms with E-state index in [0.29, 0.717) is 12.3 Å². The number of aliphatic hydroxyl groups is 1. The Kier molecular flexibility index (Phi) is 5.82. The van der Waals surface area contributed by atoms with E-state index in [0.717, 1.165) is 31.6 Å². The molecule has 0 aliphatic rings. The van der Waals surface area contributed by atoms with Crippen LogP contribution in [0.5, 0.6) is 0 Å². The zero-order valence-corrected chi connectivity index (χ0v) is 12.1. The van der Waals surface area contributed by atoms with Crippen LogP contribution in [0.4, 0.5) is 0 Å². The average molecular weight is 253 g/mol. The summed E-state index contributed by atoms with van der Waals surface area (Å²) in [5.74, 6) is 0.641. The molecule has 1 atom stereocenters. The first-order valence-corrected chi connectivity index (χ1v) is 6.91. The molecule has 0 radical (unpaired) electrons. The minimum atomic E-state index is -0.796. The molecule has 2 N–H and O–H groups in total. The molecular weight excluding hydrogens is 226 g/mol. The van der Waals surface area contributed by atoms with Crippen molar-refractivity contribution in [2.45, 2.75) is 52.7 Å². The SMILES string of the molecule is CCCn1cc(C(C)(O)CCNCC(C)C)cn1. The predicted molar refractivity (Wildman–Crippen MR) is 74.4 cm³/mol. The summed E-state index contributed by atoms with van der Waals surface area (Å²) < 4.78 is 1.89. The van der Waals surface area contributed by atoms with Crippen molar-refractivity contribution < 1.29 is 5.11 Å². The second kappa shape index (κ2) is 6.90. The van der Waals surface area contributed by atoms with Crippen molar-refractivity contribution in [3.63, 3.8) is 0 Å². The van der Waals surface area contributed by atoms with Crippen molar-refractivity contribution in [2.75, 3.05) is 13.1 Å². The van der Waals surface area contributed by atoms with Crippen molar-refractivity contribution >= 4 is 0 Å². The molecule has 1 heterocycles. The Hall–Kier alpha value is -0.870. The molecule has 4 heteroatoms. The number of nitrogens with one attached hydrogen (secondary N) is 1. The minimum Gasteiger partial charge on any atom is -0.385 e. The molecule has 0 aromatic carbocycles. The summed E-state index contributed by atoms with van der Waals surface area (Å²) in [7, 11) is 0. The summed E-state index contributed by atoms with van der Waals surface area (Å²) in [6.45, 7) is 11.1. The lowest BCUT2D eigenvalue weighted by Gasteiger charge is -2.22. The molecule has 0 aliphatic heterocycles. The lowest BCUT2D eigenvalue weighted by molar-refractivity contribution is 0.0477. The van der Waals surface area contributed by atoms with E-state index in [1.54, 1.807) is 6.20 Å². The molecule has 0 spiro atoms. The van der Waals surface area contributed by atoms with E-state index in [2.05, 4.69) is 31.2 Å². The van der Waals surface area contributed by atoms with Gasteiger partial charge >= 0.3 is 0 Å². The first-order valence-electron chi connectivity index (χ1n) is 6.91. The molecule has 0 saturated heterocycles. The Morgan fingerprint density at radius 1 is 1.50 bits per heavy atom. The van der Waals surface area contributed by atoms with E-state index in [1.165, 1.54) is 0 Å². The van der Waals surface area contributed by atoms with Gasteiger partial charge in [0, 0.05) is 18.3 Å². The van der Waals surface area contributed by atoms with Gasteiger partial charge in [0.1, 0.15) is 0 Å². The topological polar surface area (TPSA) is 50.1 Å². The molecule has 0 aliphatic carbocycles. The van der Waals surface area contributed by atoms with Gasteiger partial charge in [0.25, 0.3) is 0 Å². The predicted octanol–water partition coefficient (Wildman–Crippen LogP) is 2.14. The molecule has 104 valence electrons. The molecule has 1 unspecified atom stereocenters. The molecule has 0 bridgehead atoms. The van der Waals surface area contributed by atoms with Gasteiger partial charge in [-0.3, -0.25) is 4.68 Å². The summed E-state index contributed by atoms with van der Waals surface area (Å²) in [6, 6.07) is 0. The van der Waals surface area contributed by atoms with Crippen LogP contribution < -0.4 is 5.32 Å². The number of aryl methyl sites for hydroxylation is 1. The third kappa shape index (κ3) is 4.78. The zero-order valence-electron chi connectivity index (χ0n) is 12.1. The molecule has 0 amide bonds. The Morgan fingerprint density at radius 3 is 2.83 bits per heavy atom. The number of nitrogens with zero attached hydrogens (tertiary/aromatic N) is 2. The van der Waals surface area contributed by atoms with Gasteiger partial charge in [-0.1, -0.05) is 20.8 Å². The Morgan fingerprint density at radius 2 is 2.22 bits per heavy atom. The first-order chi connectivity index (χ1) is 8.45. The highest BCUT2D eigenvalue weighted by molar-refractivity contribution is 5.13. The summed E-state index contributed by atoms with van der Waals surface area (Å²) in [5.41, 5.74) is 0.109. The van der Waals surface area contributed by atoms with Crippen LogP contribution in [0.15, 0.2) is 12.4 Å². The average Bonchev–Trinajstić information content (AvgIpc) is 2.74. The van der Waals surface area contributed by atoms with Gasteiger partial charge in [0.05, 0.1) is 11.8 Å². The minimum absolute atomic E-state index is 0.641. The molecule has 1 aromatic rings. The van der Waals surface area contributed by atoms with Crippen molar-refractivity contribution in [3.05, 3.63) is 18.0 Å². The fourth-order valence-electron chi connectivity index (χ4n) is 1.86. The van der Waals surface area contributed by atoms with Crippen molar-refractivity contribution in [1.29, 1.82) is 0 Å². The Balaban J connectivity index is 2.45. The number of hydrogen-bond donors (Lipinski definition) is 2. The van der Waals surface area contributed by atoms with Crippen LogP contribution in [0, 0.1) is 5.92 Å². The van der Waals surface area contributed by atoms with Crippen LogP contribution in [-0.4, -0.2) is 28.0 Å². The van der Waals surface area contributed by atoms with E-state index in [9.17, 15) is 5.11 Å². The number of aromatic nitrogens is 2. The van der Waals surface area contributed by atoms with E-state index in [4.69, 9.17) is 0 Å². The highest BCUT2D eigenvalue weighted by Crippen LogP contribution is 2.23. The summed E-state index contributed by atoms with van der Waals surface area (Å²) in [5, 5.41) is 18.1. The fraction of sp³-hybridized carbons (Fsp3) is 0.786. The zero-order chi connectivity index (χ0) is 13.6. The van der Waals surface area contributed by atoms with Crippen molar-refractivity contribution in [3.8, 4) is 0 Å². The van der Waals surface area contributed by atoms with Gasteiger partial charge < -0.3 is 10.4 Å². The summed E-state index contributed by atoms with van der Waals surface area (Å²) >= 11 is 0. The largest absolute Gasteiger partial charge is 0.385 e. The monoisotopic (exact) mass is 253 g/mol. The maximum atomic E-state index is 10.4. The van der Waals surface area contributed by atoms with Crippen molar-refractivity contribution in [2.24, 2.45) is 5.92 Å². The Bertz CT molecular complexity index is 345. The number of rotatable bonds is 8. The number of hydrogen-bond acceptors (Lipinski definition) is 3. The standard InChI is InChI=1S/C14H27N3O/c1-5-8-17-11-13(10-16-17)14(4,18)6-7-15-9-12(2)3/h10-12,15,18H,5-9H2,1-4H3. The highest BCUT2D eigenvalue weighted by Gasteiger charge is 2.24. The van der Waals surface area contributed by atoms with Gasteiger partial charge in [-0.05, 0) is 38.8 Å². The second-order valence-corrected chi connectivity index (χ2v) is 5.61. The Labute approximate surface area is 110 Å². The fourth-order valence-corrected chi connectivity index (χ4v) is 1.86. The molecular formula is C14H27N3O. The normalized spacial score (nSPS) is 15.0. The summed E-state index contributed by atoms with van der Waals surface area (Å²) in [6.07, 6.45) is 5.49. The van der Waals surface area contributed by atoms with E-state index >= 15 is 0 Å². The van der Waals surface area contributed by atoms with Crippen molar-refractivity contribution in [1.82, 2.24) is 15.1 Å². The van der Waals surface area contributed by atoms with Crippen LogP contribution >= 0.6 is 0 Å². The van der Waals surface area contributed by atoms with Crippen LogP contribution in [0.2, 0.25) is 0 Å². The van der Waals surface area contributed by atoms with E-state index in [1.807, 2.05) is 17.8 Å². The molecule has 18 heavy (non-hydrogen) atoms. The van der Waals surface area contributed by atoms with Crippen LogP contribution in [0.3, 0.4) is 0 Å². The van der Waals surface area contributed by atoms with Gasteiger partial charge in [0.15, 0.2) is 0 Å². The molecule has 0 saturated carbocycles. The van der Waals surface area contributed by atoms with Gasteiger partial charge in [-0.2, -0.15) is 5.10 Å². The summed E-state index contributed by atoms with van der Waals surface area (Å²) in [4.78, 5) is 0. The van der Waals surface area contributed by atoms with E-state index in [-0.39, 0.29) is 0 Å².